The number of rotatable bonds is 4. The maximum Gasteiger partial charge on any atom is 0.320 e. The summed E-state index contributed by atoms with van der Waals surface area (Å²) in [6.07, 6.45) is 2.64. The molecule has 0 saturated carbocycles. The molecule has 2 aliphatic rings. The third-order valence-electron chi connectivity index (χ3n) is 4.13. The van der Waals surface area contributed by atoms with Crippen molar-refractivity contribution in [2.75, 3.05) is 39.8 Å². The molecule has 2 aliphatic heterocycles. The summed E-state index contributed by atoms with van der Waals surface area (Å²) in [6, 6.07) is 0.601. The van der Waals surface area contributed by atoms with Gasteiger partial charge in [-0.15, -0.1) is 0 Å². The van der Waals surface area contributed by atoms with Gasteiger partial charge in [-0.05, 0) is 31.8 Å². The minimum Gasteiger partial charge on any atom is -0.323 e. The first kappa shape index (κ1) is 12.7. The van der Waals surface area contributed by atoms with Gasteiger partial charge in [0.2, 0.25) is 0 Å². The minimum absolute atomic E-state index is 0.211. The zero-order chi connectivity index (χ0) is 12.4. The van der Waals surface area contributed by atoms with E-state index in [-0.39, 0.29) is 6.03 Å². The van der Waals surface area contributed by atoms with Crippen LogP contribution in [0.25, 0.3) is 0 Å². The number of hydrogen-bond donors (Lipinski definition) is 0. The van der Waals surface area contributed by atoms with Crippen molar-refractivity contribution < 1.29 is 4.79 Å². The molecule has 1 unspecified atom stereocenters. The second-order valence-corrected chi connectivity index (χ2v) is 5.70. The molecule has 2 fully saturated rings. The molecule has 0 bridgehead atoms. The fourth-order valence-electron chi connectivity index (χ4n) is 2.90. The molecule has 2 saturated heterocycles. The average Bonchev–Trinajstić information content (AvgIpc) is 2.88. The molecule has 0 spiro atoms. The van der Waals surface area contributed by atoms with Crippen molar-refractivity contribution in [2.24, 2.45) is 5.92 Å². The molecular weight excluding hydrogens is 214 g/mol. The Hall–Kier alpha value is -0.770. The summed E-state index contributed by atoms with van der Waals surface area (Å²) in [6.45, 7) is 9.66. The first-order valence-electron chi connectivity index (χ1n) is 6.83. The molecule has 2 amide bonds. The molecule has 2 rings (SSSR count). The Morgan fingerprint density at radius 1 is 1.24 bits per heavy atom. The van der Waals surface area contributed by atoms with Crippen LogP contribution in [0.15, 0.2) is 0 Å². The lowest BCUT2D eigenvalue weighted by Gasteiger charge is -2.20. The molecule has 4 heteroatoms. The van der Waals surface area contributed by atoms with Gasteiger partial charge >= 0.3 is 6.03 Å². The van der Waals surface area contributed by atoms with Gasteiger partial charge in [0.1, 0.15) is 0 Å². The number of hydrogen-bond acceptors (Lipinski definition) is 2. The number of urea groups is 1. The predicted octanol–water partition coefficient (Wildman–Crippen LogP) is 1.47. The van der Waals surface area contributed by atoms with E-state index in [1.165, 1.54) is 25.9 Å². The summed E-state index contributed by atoms with van der Waals surface area (Å²) in [4.78, 5) is 18.5. The molecular formula is C13H25N3O. The molecule has 0 aliphatic carbocycles. The molecule has 98 valence electrons. The predicted molar refractivity (Wildman–Crippen MR) is 69.0 cm³/mol. The van der Waals surface area contributed by atoms with Gasteiger partial charge in [-0.1, -0.05) is 13.8 Å². The average molecular weight is 239 g/mol. The van der Waals surface area contributed by atoms with E-state index in [9.17, 15) is 4.79 Å². The molecule has 0 N–H and O–H groups in total. The lowest BCUT2D eigenvalue weighted by Crippen LogP contribution is -2.36. The van der Waals surface area contributed by atoms with Gasteiger partial charge in [0.25, 0.3) is 0 Å². The highest BCUT2D eigenvalue weighted by Gasteiger charge is 2.35. The van der Waals surface area contributed by atoms with Crippen molar-refractivity contribution in [3.63, 3.8) is 0 Å². The van der Waals surface area contributed by atoms with Gasteiger partial charge in [-0.25, -0.2) is 4.79 Å². The van der Waals surface area contributed by atoms with Crippen LogP contribution in [-0.4, -0.2) is 66.5 Å². The number of likely N-dealkylation sites (N-methyl/N-ethyl adjacent to an activating group) is 1. The number of amides is 2. The first-order chi connectivity index (χ1) is 8.09. The maximum absolute atomic E-state index is 12.1. The van der Waals surface area contributed by atoms with E-state index in [0.717, 1.165) is 19.6 Å². The fourth-order valence-corrected chi connectivity index (χ4v) is 2.90. The summed E-state index contributed by atoms with van der Waals surface area (Å²) in [5.74, 6) is 0.542. The van der Waals surface area contributed by atoms with Crippen molar-refractivity contribution in [3.8, 4) is 0 Å². The molecule has 0 radical (unpaired) electrons. The van der Waals surface area contributed by atoms with Gasteiger partial charge in [-0.2, -0.15) is 0 Å². The largest absolute Gasteiger partial charge is 0.323 e. The van der Waals surface area contributed by atoms with E-state index in [1.54, 1.807) is 0 Å². The van der Waals surface area contributed by atoms with Crippen molar-refractivity contribution in [2.45, 2.75) is 32.7 Å². The van der Waals surface area contributed by atoms with Gasteiger partial charge in [0.15, 0.2) is 0 Å². The van der Waals surface area contributed by atoms with Crippen molar-refractivity contribution in [1.29, 1.82) is 0 Å². The first-order valence-corrected chi connectivity index (χ1v) is 6.83. The second-order valence-electron chi connectivity index (χ2n) is 5.70. The standard InChI is InChI=1S/C13H25N3O/c1-11(2)12-10-16(13(17)14(12)3)9-8-15-6-4-5-7-15/h11-12H,4-10H2,1-3H3. The van der Waals surface area contributed by atoms with Gasteiger partial charge in [0.05, 0.1) is 6.04 Å². The SMILES string of the molecule is CC(C)C1CN(CCN2CCCC2)C(=O)N1C. The van der Waals surface area contributed by atoms with E-state index >= 15 is 0 Å². The summed E-state index contributed by atoms with van der Waals surface area (Å²) in [5.41, 5.74) is 0. The van der Waals surface area contributed by atoms with Crippen LogP contribution in [0.1, 0.15) is 26.7 Å². The number of carbonyl (C=O) groups excluding carboxylic acids is 1. The quantitative estimate of drug-likeness (QED) is 0.743. The Morgan fingerprint density at radius 2 is 1.88 bits per heavy atom. The Morgan fingerprint density at radius 3 is 2.41 bits per heavy atom. The zero-order valence-electron chi connectivity index (χ0n) is 11.4. The van der Waals surface area contributed by atoms with Crippen molar-refractivity contribution >= 4 is 6.03 Å². The Labute approximate surface area is 105 Å². The van der Waals surface area contributed by atoms with Crippen molar-refractivity contribution in [1.82, 2.24) is 14.7 Å². The molecule has 2 heterocycles. The summed E-state index contributed by atoms with van der Waals surface area (Å²) in [5, 5.41) is 0. The number of likely N-dealkylation sites (tertiary alicyclic amines) is 1. The Balaban J connectivity index is 1.83. The van der Waals surface area contributed by atoms with E-state index in [2.05, 4.69) is 18.7 Å². The third kappa shape index (κ3) is 2.73. The van der Waals surface area contributed by atoms with Gasteiger partial charge in [-0.3, -0.25) is 0 Å². The molecule has 0 aromatic carbocycles. The van der Waals surface area contributed by atoms with Crippen LogP contribution in [0.5, 0.6) is 0 Å². The topological polar surface area (TPSA) is 26.8 Å². The Bertz CT molecular complexity index is 274. The highest BCUT2D eigenvalue weighted by molar-refractivity contribution is 5.76. The molecule has 0 aromatic heterocycles. The van der Waals surface area contributed by atoms with E-state index < -0.39 is 0 Å². The normalized spacial score (nSPS) is 26.6. The Kier molecular flexibility index (Phi) is 3.92. The lowest BCUT2D eigenvalue weighted by atomic mass is 10.0. The summed E-state index contributed by atoms with van der Waals surface area (Å²) >= 11 is 0. The summed E-state index contributed by atoms with van der Waals surface area (Å²) < 4.78 is 0. The zero-order valence-corrected chi connectivity index (χ0v) is 11.4. The van der Waals surface area contributed by atoms with Crippen LogP contribution in [0.4, 0.5) is 4.79 Å². The van der Waals surface area contributed by atoms with Gasteiger partial charge < -0.3 is 14.7 Å². The summed E-state index contributed by atoms with van der Waals surface area (Å²) in [7, 11) is 1.93. The molecule has 0 aromatic rings. The van der Waals surface area contributed by atoms with Crippen LogP contribution in [-0.2, 0) is 0 Å². The molecule has 17 heavy (non-hydrogen) atoms. The maximum atomic E-state index is 12.1. The fraction of sp³-hybridized carbons (Fsp3) is 0.923. The van der Waals surface area contributed by atoms with Crippen LogP contribution >= 0.6 is 0 Å². The monoisotopic (exact) mass is 239 g/mol. The highest BCUT2D eigenvalue weighted by Crippen LogP contribution is 2.20. The third-order valence-corrected chi connectivity index (χ3v) is 4.13. The van der Waals surface area contributed by atoms with Gasteiger partial charge in [0, 0.05) is 26.7 Å². The molecule has 4 nitrogen and oxygen atoms in total. The van der Waals surface area contributed by atoms with E-state index in [4.69, 9.17) is 0 Å². The van der Waals surface area contributed by atoms with Crippen LogP contribution in [0.3, 0.4) is 0 Å². The van der Waals surface area contributed by atoms with E-state index in [1.807, 2.05) is 16.8 Å². The lowest BCUT2D eigenvalue weighted by molar-refractivity contribution is 0.187. The second kappa shape index (κ2) is 5.25. The molecule has 1 atom stereocenters. The number of carbonyl (C=O) groups is 1. The highest BCUT2D eigenvalue weighted by atomic mass is 16.2. The van der Waals surface area contributed by atoms with Crippen molar-refractivity contribution in [3.05, 3.63) is 0 Å². The van der Waals surface area contributed by atoms with Crippen LogP contribution in [0.2, 0.25) is 0 Å². The van der Waals surface area contributed by atoms with Crippen LogP contribution in [0, 0.1) is 5.92 Å². The number of nitrogens with zero attached hydrogens (tertiary/aromatic N) is 3. The minimum atomic E-state index is 0.211. The van der Waals surface area contributed by atoms with E-state index in [0.29, 0.717) is 12.0 Å². The smallest absolute Gasteiger partial charge is 0.320 e. The van der Waals surface area contributed by atoms with Crippen LogP contribution < -0.4 is 0 Å².